The van der Waals surface area contributed by atoms with Gasteiger partial charge in [0.2, 0.25) is 0 Å². The van der Waals surface area contributed by atoms with Crippen LogP contribution in [-0.2, 0) is 35.3 Å². The Balaban J connectivity index is 1.86. The van der Waals surface area contributed by atoms with Crippen LogP contribution in [0.25, 0.3) is 0 Å². The van der Waals surface area contributed by atoms with E-state index in [1.54, 1.807) is 36.3 Å². The Bertz CT molecular complexity index is 1030. The third kappa shape index (κ3) is 5.07. The lowest BCUT2D eigenvalue weighted by Gasteiger charge is -2.11. The monoisotopic (exact) mass is 402 g/mol. The summed E-state index contributed by atoms with van der Waals surface area (Å²) in [4.78, 5) is 24.9. The molecule has 2 aromatic heterocycles. The summed E-state index contributed by atoms with van der Waals surface area (Å²) in [6.45, 7) is 0.254. The molecule has 0 fully saturated rings. The molecular formula is C19H19FN4O3S. The number of rotatable bonds is 7. The molecule has 3 rings (SSSR count). The van der Waals surface area contributed by atoms with Gasteiger partial charge >= 0.3 is 5.97 Å². The van der Waals surface area contributed by atoms with Gasteiger partial charge in [-0.3, -0.25) is 14.3 Å². The number of benzene rings is 1. The number of aryl methyl sites for hydroxylation is 1. The third-order valence-corrected chi connectivity index (χ3v) is 5.11. The SMILES string of the molecule is COC(=O)Cc1nn(Cc2cnn(C)c2)c(=O)cc1SCc1ccc(F)cc1. The molecule has 0 aliphatic rings. The van der Waals surface area contributed by atoms with Crippen LogP contribution in [0.15, 0.2) is 52.4 Å². The lowest BCUT2D eigenvalue weighted by atomic mass is 10.2. The van der Waals surface area contributed by atoms with Crippen LogP contribution in [0.2, 0.25) is 0 Å². The highest BCUT2D eigenvalue weighted by Crippen LogP contribution is 2.25. The minimum Gasteiger partial charge on any atom is -0.469 e. The standard InChI is InChI=1S/C19H19FN4O3S/c1-23-10-14(9-21-23)11-24-18(25)8-17(16(22-24)7-19(26)27-2)28-12-13-3-5-15(20)6-4-13/h3-6,8-10H,7,11-12H2,1-2H3. The number of nitrogens with zero attached hydrogens (tertiary/aromatic N) is 4. The number of hydrogen-bond donors (Lipinski definition) is 0. The first-order valence-corrected chi connectivity index (χ1v) is 9.46. The quantitative estimate of drug-likeness (QED) is 0.445. The fraction of sp³-hybridized carbons (Fsp3) is 0.263. The van der Waals surface area contributed by atoms with Gasteiger partial charge in [-0.05, 0) is 17.7 Å². The van der Waals surface area contributed by atoms with Crippen LogP contribution in [0.1, 0.15) is 16.8 Å². The van der Waals surface area contributed by atoms with Crippen molar-refractivity contribution in [3.8, 4) is 0 Å². The predicted octanol–water partition coefficient (Wildman–Crippen LogP) is 2.17. The molecule has 0 radical (unpaired) electrons. The Kier molecular flexibility index (Phi) is 6.25. The summed E-state index contributed by atoms with van der Waals surface area (Å²) < 4.78 is 20.7. The molecule has 0 saturated carbocycles. The summed E-state index contributed by atoms with van der Waals surface area (Å²) in [6, 6.07) is 7.60. The van der Waals surface area contributed by atoms with Gasteiger partial charge in [0.05, 0.1) is 32.0 Å². The zero-order valence-electron chi connectivity index (χ0n) is 15.5. The Labute approximate surface area is 165 Å². The average Bonchev–Trinajstić information content (AvgIpc) is 3.09. The van der Waals surface area contributed by atoms with E-state index >= 15 is 0 Å². The van der Waals surface area contributed by atoms with E-state index in [-0.39, 0.29) is 24.3 Å². The van der Waals surface area contributed by atoms with E-state index in [2.05, 4.69) is 10.2 Å². The van der Waals surface area contributed by atoms with Crippen LogP contribution < -0.4 is 5.56 Å². The second-order valence-corrected chi connectivity index (χ2v) is 7.16. The van der Waals surface area contributed by atoms with Crippen molar-refractivity contribution in [1.82, 2.24) is 19.6 Å². The Hall–Kier alpha value is -2.94. The summed E-state index contributed by atoms with van der Waals surface area (Å²) in [5.74, 6) is -0.232. The molecule has 146 valence electrons. The van der Waals surface area contributed by atoms with E-state index in [1.807, 2.05) is 0 Å². The highest BCUT2D eigenvalue weighted by Gasteiger charge is 2.15. The molecule has 0 atom stereocenters. The molecule has 0 aliphatic heterocycles. The molecule has 0 unspecified atom stereocenters. The maximum atomic E-state index is 13.1. The molecular weight excluding hydrogens is 383 g/mol. The molecule has 28 heavy (non-hydrogen) atoms. The summed E-state index contributed by atoms with van der Waals surface area (Å²) in [6.07, 6.45) is 3.41. The number of carbonyl (C=O) groups is 1. The van der Waals surface area contributed by atoms with Gasteiger partial charge in [-0.15, -0.1) is 11.8 Å². The molecule has 3 aromatic rings. The number of aromatic nitrogens is 4. The number of halogens is 1. The molecule has 9 heteroatoms. The fourth-order valence-electron chi connectivity index (χ4n) is 2.55. The molecule has 0 aliphatic carbocycles. The highest BCUT2D eigenvalue weighted by atomic mass is 32.2. The van der Waals surface area contributed by atoms with Crippen molar-refractivity contribution in [2.75, 3.05) is 7.11 Å². The van der Waals surface area contributed by atoms with Gasteiger partial charge in [0.25, 0.3) is 5.56 Å². The Morgan fingerprint density at radius 2 is 2.00 bits per heavy atom. The zero-order valence-corrected chi connectivity index (χ0v) is 16.3. The van der Waals surface area contributed by atoms with E-state index in [4.69, 9.17) is 4.74 Å². The van der Waals surface area contributed by atoms with Crippen molar-refractivity contribution >= 4 is 17.7 Å². The highest BCUT2D eigenvalue weighted by molar-refractivity contribution is 7.98. The number of ether oxygens (including phenoxy) is 1. The minimum absolute atomic E-state index is 0.0461. The summed E-state index contributed by atoms with van der Waals surface area (Å²) in [5.41, 5.74) is 1.91. The Morgan fingerprint density at radius 3 is 2.64 bits per heavy atom. The molecule has 0 saturated heterocycles. The smallest absolute Gasteiger partial charge is 0.311 e. The molecule has 0 amide bonds. The molecule has 2 heterocycles. The molecule has 1 aromatic carbocycles. The van der Waals surface area contributed by atoms with Gasteiger partial charge in [-0.1, -0.05) is 12.1 Å². The van der Waals surface area contributed by atoms with Crippen molar-refractivity contribution in [1.29, 1.82) is 0 Å². The second-order valence-electron chi connectivity index (χ2n) is 6.14. The molecule has 0 N–H and O–H groups in total. The molecule has 0 bridgehead atoms. The molecule has 7 nitrogen and oxygen atoms in total. The van der Waals surface area contributed by atoms with Crippen LogP contribution in [0.4, 0.5) is 4.39 Å². The first kappa shape index (κ1) is 19.8. The van der Waals surface area contributed by atoms with Crippen molar-refractivity contribution in [3.63, 3.8) is 0 Å². The van der Waals surface area contributed by atoms with Crippen molar-refractivity contribution < 1.29 is 13.9 Å². The van der Waals surface area contributed by atoms with Gasteiger partial charge in [-0.2, -0.15) is 10.2 Å². The number of esters is 1. The van der Waals surface area contributed by atoms with E-state index < -0.39 is 5.97 Å². The van der Waals surface area contributed by atoms with Gasteiger partial charge in [0.1, 0.15) is 5.82 Å². The van der Waals surface area contributed by atoms with Crippen LogP contribution in [-0.4, -0.2) is 32.6 Å². The Morgan fingerprint density at radius 1 is 1.25 bits per heavy atom. The fourth-order valence-corrected chi connectivity index (χ4v) is 3.53. The predicted molar refractivity (Wildman–Crippen MR) is 102 cm³/mol. The molecule has 0 spiro atoms. The first-order valence-electron chi connectivity index (χ1n) is 8.47. The summed E-state index contributed by atoms with van der Waals surface area (Å²) in [5, 5.41) is 8.46. The van der Waals surface area contributed by atoms with Crippen LogP contribution in [0.5, 0.6) is 0 Å². The van der Waals surface area contributed by atoms with Gasteiger partial charge in [0, 0.05) is 35.5 Å². The minimum atomic E-state index is -0.442. The lowest BCUT2D eigenvalue weighted by Crippen LogP contribution is -2.25. The third-order valence-electron chi connectivity index (χ3n) is 3.97. The number of carbonyl (C=O) groups excluding carboxylic acids is 1. The average molecular weight is 402 g/mol. The van der Waals surface area contributed by atoms with Crippen LogP contribution in [0, 0.1) is 5.82 Å². The lowest BCUT2D eigenvalue weighted by molar-refractivity contribution is -0.139. The summed E-state index contributed by atoms with van der Waals surface area (Å²) >= 11 is 1.37. The zero-order chi connectivity index (χ0) is 20.1. The maximum Gasteiger partial charge on any atom is 0.311 e. The van der Waals surface area contributed by atoms with Crippen molar-refractivity contribution in [2.24, 2.45) is 7.05 Å². The van der Waals surface area contributed by atoms with Gasteiger partial charge in [0.15, 0.2) is 0 Å². The summed E-state index contributed by atoms with van der Waals surface area (Å²) in [7, 11) is 3.09. The van der Waals surface area contributed by atoms with E-state index in [9.17, 15) is 14.0 Å². The second kappa shape index (κ2) is 8.83. The van der Waals surface area contributed by atoms with Crippen molar-refractivity contribution in [3.05, 3.63) is 75.7 Å². The first-order chi connectivity index (χ1) is 13.4. The van der Waals surface area contributed by atoms with E-state index in [0.29, 0.717) is 16.3 Å². The number of hydrogen-bond acceptors (Lipinski definition) is 6. The topological polar surface area (TPSA) is 79.0 Å². The maximum absolute atomic E-state index is 13.1. The van der Waals surface area contributed by atoms with Crippen molar-refractivity contribution in [2.45, 2.75) is 23.6 Å². The largest absolute Gasteiger partial charge is 0.469 e. The normalized spacial score (nSPS) is 10.8. The van der Waals surface area contributed by atoms with E-state index in [1.165, 1.54) is 41.8 Å². The van der Waals surface area contributed by atoms with Crippen LogP contribution in [0.3, 0.4) is 0 Å². The van der Waals surface area contributed by atoms with Gasteiger partial charge < -0.3 is 4.74 Å². The van der Waals surface area contributed by atoms with Gasteiger partial charge in [-0.25, -0.2) is 9.07 Å². The number of methoxy groups -OCH3 is 1. The van der Waals surface area contributed by atoms with Crippen LogP contribution >= 0.6 is 11.8 Å². The number of thioether (sulfide) groups is 1. The van der Waals surface area contributed by atoms with E-state index in [0.717, 1.165) is 11.1 Å².